The van der Waals surface area contributed by atoms with Crippen LogP contribution in [-0.4, -0.2) is 56.8 Å². The van der Waals surface area contributed by atoms with Gasteiger partial charge in [-0.25, -0.2) is 4.99 Å². The van der Waals surface area contributed by atoms with Crippen LogP contribution >= 0.6 is 24.0 Å². The molecule has 0 atom stereocenters. The zero-order valence-corrected chi connectivity index (χ0v) is 18.3. The van der Waals surface area contributed by atoms with Crippen LogP contribution < -0.4 is 15.4 Å². The van der Waals surface area contributed by atoms with Gasteiger partial charge in [-0.3, -0.25) is 0 Å². The number of hydrogen-bond acceptors (Lipinski definition) is 4. The topological polar surface area (TPSA) is 75.1 Å². The molecule has 0 aliphatic carbocycles. The first kappa shape index (κ1) is 24.8. The molecule has 1 saturated heterocycles. The molecule has 0 aromatic heterocycles. The van der Waals surface area contributed by atoms with E-state index in [2.05, 4.69) is 15.6 Å². The Balaban J connectivity index is 0.00000392. The minimum absolute atomic E-state index is 0. The Morgan fingerprint density at radius 2 is 2.04 bits per heavy atom. The lowest BCUT2D eigenvalue weighted by Crippen LogP contribution is -2.54. The third kappa shape index (κ3) is 7.63. The Labute approximate surface area is 179 Å². The van der Waals surface area contributed by atoms with Crippen molar-refractivity contribution in [3.05, 3.63) is 29.3 Å². The number of aliphatic imine (C=N–C) groups is 1. The van der Waals surface area contributed by atoms with Crippen molar-refractivity contribution in [2.45, 2.75) is 26.6 Å². The first-order valence-electron chi connectivity index (χ1n) is 8.77. The van der Waals surface area contributed by atoms with Crippen molar-refractivity contribution >= 4 is 29.9 Å². The van der Waals surface area contributed by atoms with E-state index in [0.29, 0.717) is 37.8 Å². The molecule has 10 heteroatoms. The Bertz CT molecular complexity index is 647. The molecule has 0 bridgehead atoms. The highest BCUT2D eigenvalue weighted by Crippen LogP contribution is 2.26. The molecule has 0 spiro atoms. The van der Waals surface area contributed by atoms with Crippen LogP contribution in [0.25, 0.3) is 0 Å². The van der Waals surface area contributed by atoms with E-state index in [0.717, 1.165) is 5.56 Å². The number of aliphatic hydroxyl groups is 1. The number of alkyl halides is 3. The Kier molecular flexibility index (Phi) is 9.78. The second-order valence-electron chi connectivity index (χ2n) is 6.71. The summed E-state index contributed by atoms with van der Waals surface area (Å²) in [6, 6.07) is 5.09. The molecular formula is C18H27F3IN3O3. The van der Waals surface area contributed by atoms with Crippen LogP contribution in [-0.2, 0) is 11.3 Å². The molecule has 2 rings (SSSR count). The zero-order chi connectivity index (χ0) is 19.9. The van der Waals surface area contributed by atoms with Gasteiger partial charge in [-0.1, -0.05) is 12.1 Å². The largest absolute Gasteiger partial charge is 0.484 e. The monoisotopic (exact) mass is 517 g/mol. The molecule has 0 unspecified atom stereocenters. The van der Waals surface area contributed by atoms with E-state index in [4.69, 9.17) is 9.47 Å². The molecule has 1 aromatic rings. The van der Waals surface area contributed by atoms with E-state index in [-0.39, 0.29) is 48.3 Å². The van der Waals surface area contributed by atoms with Gasteiger partial charge in [0.15, 0.2) is 12.6 Å². The Morgan fingerprint density at radius 1 is 1.32 bits per heavy atom. The van der Waals surface area contributed by atoms with Gasteiger partial charge in [0.05, 0.1) is 31.8 Å². The van der Waals surface area contributed by atoms with Gasteiger partial charge in [0.2, 0.25) is 0 Å². The normalized spacial score (nSPS) is 16.0. The molecule has 1 aliphatic heterocycles. The van der Waals surface area contributed by atoms with Crippen molar-refractivity contribution in [1.82, 2.24) is 10.6 Å². The van der Waals surface area contributed by atoms with Crippen molar-refractivity contribution in [2.24, 2.45) is 10.4 Å². The highest BCUT2D eigenvalue weighted by molar-refractivity contribution is 14.0. The summed E-state index contributed by atoms with van der Waals surface area (Å²) in [5, 5.41) is 15.7. The first-order chi connectivity index (χ1) is 12.8. The lowest BCUT2D eigenvalue weighted by Gasteiger charge is -2.40. The SMILES string of the molecule is CCNC(=NCc1ccc(C)cc1OCC(F)(F)F)NCC1(CO)COC1.I. The van der Waals surface area contributed by atoms with Gasteiger partial charge >= 0.3 is 6.18 Å². The van der Waals surface area contributed by atoms with Gasteiger partial charge in [0, 0.05) is 18.7 Å². The molecule has 28 heavy (non-hydrogen) atoms. The quantitative estimate of drug-likeness (QED) is 0.281. The van der Waals surface area contributed by atoms with E-state index < -0.39 is 12.8 Å². The molecule has 1 fully saturated rings. The van der Waals surface area contributed by atoms with E-state index in [9.17, 15) is 18.3 Å². The summed E-state index contributed by atoms with van der Waals surface area (Å²) >= 11 is 0. The summed E-state index contributed by atoms with van der Waals surface area (Å²) < 4.78 is 47.5. The summed E-state index contributed by atoms with van der Waals surface area (Å²) in [6.07, 6.45) is -4.40. The van der Waals surface area contributed by atoms with Crippen LogP contribution in [0.3, 0.4) is 0 Å². The van der Waals surface area contributed by atoms with Crippen LogP contribution in [0.5, 0.6) is 5.75 Å². The number of halogens is 4. The van der Waals surface area contributed by atoms with Crippen LogP contribution in [0.4, 0.5) is 13.2 Å². The Hall–Kier alpha value is -1.27. The van der Waals surface area contributed by atoms with Crippen LogP contribution in [0.1, 0.15) is 18.1 Å². The summed E-state index contributed by atoms with van der Waals surface area (Å²) in [6.45, 7) is 4.58. The second-order valence-corrected chi connectivity index (χ2v) is 6.71. The lowest BCUT2D eigenvalue weighted by molar-refractivity contribution is -0.153. The summed E-state index contributed by atoms with van der Waals surface area (Å²) in [7, 11) is 0. The molecule has 0 saturated carbocycles. The molecule has 0 radical (unpaired) electrons. The molecule has 6 nitrogen and oxygen atoms in total. The van der Waals surface area contributed by atoms with E-state index >= 15 is 0 Å². The summed E-state index contributed by atoms with van der Waals surface area (Å²) in [4.78, 5) is 4.42. The van der Waals surface area contributed by atoms with Gasteiger partial charge in [-0.15, -0.1) is 24.0 Å². The number of aryl methyl sites for hydroxylation is 1. The standard InChI is InChI=1S/C18H26F3N3O3.HI/c1-3-22-16(24-8-17(9-25)10-26-11-17)23-7-14-5-4-13(2)6-15(14)27-12-18(19,20)21;/h4-6,25H,3,7-12H2,1-2H3,(H2,22,23,24);1H. The van der Waals surface area contributed by atoms with Gasteiger partial charge in [0.25, 0.3) is 0 Å². The number of ether oxygens (including phenoxy) is 2. The molecule has 3 N–H and O–H groups in total. The fourth-order valence-electron chi connectivity index (χ4n) is 2.50. The number of hydrogen-bond donors (Lipinski definition) is 3. The highest BCUT2D eigenvalue weighted by Gasteiger charge is 2.38. The van der Waals surface area contributed by atoms with Crippen LogP contribution in [0.2, 0.25) is 0 Å². The molecule has 1 aliphatic rings. The molecule has 1 heterocycles. The van der Waals surface area contributed by atoms with Crippen molar-refractivity contribution < 1.29 is 27.8 Å². The van der Waals surface area contributed by atoms with Crippen molar-refractivity contribution in [2.75, 3.05) is 39.5 Å². The second kappa shape index (κ2) is 11.1. The van der Waals surface area contributed by atoms with Crippen molar-refractivity contribution in [3.8, 4) is 5.75 Å². The number of benzene rings is 1. The van der Waals surface area contributed by atoms with E-state index in [1.165, 1.54) is 0 Å². The maximum atomic E-state index is 12.5. The van der Waals surface area contributed by atoms with Gasteiger partial charge in [-0.05, 0) is 25.5 Å². The fraction of sp³-hybridized carbons (Fsp3) is 0.611. The van der Waals surface area contributed by atoms with Gasteiger partial charge < -0.3 is 25.2 Å². The number of rotatable bonds is 8. The summed E-state index contributed by atoms with van der Waals surface area (Å²) in [5.41, 5.74) is 1.05. The molecule has 1 aromatic carbocycles. The number of nitrogens with one attached hydrogen (secondary N) is 2. The number of nitrogens with zero attached hydrogens (tertiary/aromatic N) is 1. The van der Waals surface area contributed by atoms with Crippen molar-refractivity contribution in [1.29, 1.82) is 0 Å². The average molecular weight is 517 g/mol. The number of aliphatic hydroxyl groups excluding tert-OH is 1. The third-order valence-corrected chi connectivity index (χ3v) is 4.15. The van der Waals surface area contributed by atoms with Crippen molar-refractivity contribution in [3.63, 3.8) is 0 Å². The van der Waals surface area contributed by atoms with Gasteiger partial charge in [-0.2, -0.15) is 13.2 Å². The van der Waals surface area contributed by atoms with E-state index in [1.807, 2.05) is 6.92 Å². The predicted octanol–water partition coefficient (Wildman–Crippen LogP) is 2.62. The minimum Gasteiger partial charge on any atom is -0.484 e. The first-order valence-corrected chi connectivity index (χ1v) is 8.77. The average Bonchev–Trinajstić information content (AvgIpc) is 2.57. The molecule has 160 valence electrons. The lowest BCUT2D eigenvalue weighted by atomic mass is 9.87. The third-order valence-electron chi connectivity index (χ3n) is 4.15. The highest BCUT2D eigenvalue weighted by atomic mass is 127. The fourth-order valence-corrected chi connectivity index (χ4v) is 2.50. The van der Waals surface area contributed by atoms with Crippen LogP contribution in [0, 0.1) is 12.3 Å². The van der Waals surface area contributed by atoms with Crippen LogP contribution in [0.15, 0.2) is 23.2 Å². The summed E-state index contributed by atoms with van der Waals surface area (Å²) in [5.74, 6) is 0.686. The molecular weight excluding hydrogens is 490 g/mol. The maximum absolute atomic E-state index is 12.5. The predicted molar refractivity (Wildman–Crippen MR) is 111 cm³/mol. The minimum atomic E-state index is -4.40. The Morgan fingerprint density at radius 3 is 2.57 bits per heavy atom. The number of guanidine groups is 1. The molecule has 0 amide bonds. The van der Waals surface area contributed by atoms with E-state index in [1.54, 1.807) is 25.1 Å². The smallest absolute Gasteiger partial charge is 0.422 e. The van der Waals surface area contributed by atoms with Gasteiger partial charge in [0.1, 0.15) is 5.75 Å². The maximum Gasteiger partial charge on any atom is 0.422 e. The zero-order valence-electron chi connectivity index (χ0n) is 15.9.